The Balaban J connectivity index is 1.51. The third kappa shape index (κ3) is 4.97. The van der Waals surface area contributed by atoms with E-state index in [9.17, 15) is 8.42 Å². The highest BCUT2D eigenvalue weighted by molar-refractivity contribution is 9.10. The van der Waals surface area contributed by atoms with Crippen molar-refractivity contribution in [2.45, 2.75) is 4.90 Å². The van der Waals surface area contributed by atoms with Gasteiger partial charge in [-0.3, -0.25) is 0 Å². The third-order valence-corrected chi connectivity index (χ3v) is 6.25. The summed E-state index contributed by atoms with van der Waals surface area (Å²) in [6, 6.07) is 14.0. The second-order valence-corrected chi connectivity index (χ2v) is 8.50. The van der Waals surface area contributed by atoms with Gasteiger partial charge in [-0.1, -0.05) is 22.0 Å². The van der Waals surface area contributed by atoms with Crippen LogP contribution in [0.5, 0.6) is 11.5 Å². The van der Waals surface area contributed by atoms with Crippen LogP contribution < -0.4 is 9.47 Å². The van der Waals surface area contributed by atoms with Gasteiger partial charge in [0.2, 0.25) is 10.0 Å². The molecule has 0 N–H and O–H groups in total. The molecule has 0 spiro atoms. The Morgan fingerprint density at radius 1 is 0.962 bits per heavy atom. The van der Waals surface area contributed by atoms with Crippen molar-refractivity contribution in [1.82, 2.24) is 4.31 Å². The SMILES string of the molecule is O=S(=O)(c1ccc(OCCOc2cccc(Br)c2)cc1)N1CCOCC1. The molecule has 0 amide bonds. The molecule has 0 saturated carbocycles. The molecule has 6 nitrogen and oxygen atoms in total. The van der Waals surface area contributed by atoms with E-state index in [4.69, 9.17) is 14.2 Å². The van der Waals surface area contributed by atoms with Gasteiger partial charge in [0.1, 0.15) is 24.7 Å². The van der Waals surface area contributed by atoms with Gasteiger partial charge >= 0.3 is 0 Å². The van der Waals surface area contributed by atoms with Gasteiger partial charge in [0.05, 0.1) is 18.1 Å². The number of nitrogens with zero attached hydrogens (tertiary/aromatic N) is 1. The van der Waals surface area contributed by atoms with Gasteiger partial charge < -0.3 is 14.2 Å². The molecular formula is C18H20BrNO5S. The van der Waals surface area contributed by atoms with Gasteiger partial charge in [-0.2, -0.15) is 4.31 Å². The topological polar surface area (TPSA) is 65.1 Å². The highest BCUT2D eigenvalue weighted by Gasteiger charge is 2.26. The van der Waals surface area contributed by atoms with Crippen LogP contribution in [0.1, 0.15) is 0 Å². The highest BCUT2D eigenvalue weighted by Crippen LogP contribution is 2.21. The lowest BCUT2D eigenvalue weighted by Gasteiger charge is -2.26. The standard InChI is InChI=1S/C18H20BrNO5S/c19-15-2-1-3-17(14-15)25-13-12-24-16-4-6-18(7-5-16)26(21,22)20-8-10-23-11-9-20/h1-7,14H,8-13H2. The molecule has 8 heteroatoms. The number of hydrogen-bond acceptors (Lipinski definition) is 5. The average Bonchev–Trinajstić information content (AvgIpc) is 2.66. The summed E-state index contributed by atoms with van der Waals surface area (Å²) in [7, 11) is -3.48. The largest absolute Gasteiger partial charge is 0.490 e. The molecule has 2 aromatic rings. The van der Waals surface area contributed by atoms with Gasteiger partial charge in [0.15, 0.2) is 0 Å². The molecule has 1 aliphatic heterocycles. The second kappa shape index (κ2) is 8.85. The van der Waals surface area contributed by atoms with Gasteiger partial charge in [-0.05, 0) is 42.5 Å². The quantitative estimate of drug-likeness (QED) is 0.617. The molecule has 2 aromatic carbocycles. The van der Waals surface area contributed by atoms with Crippen molar-refractivity contribution in [2.24, 2.45) is 0 Å². The molecule has 0 aliphatic carbocycles. The summed E-state index contributed by atoms with van der Waals surface area (Å²) in [6.07, 6.45) is 0. The lowest BCUT2D eigenvalue weighted by molar-refractivity contribution is 0.0730. The average molecular weight is 442 g/mol. The molecule has 3 rings (SSSR count). The van der Waals surface area contributed by atoms with E-state index in [-0.39, 0.29) is 4.90 Å². The Bertz CT molecular complexity index is 820. The van der Waals surface area contributed by atoms with Crippen molar-refractivity contribution in [3.8, 4) is 11.5 Å². The van der Waals surface area contributed by atoms with Crippen LogP contribution in [0.3, 0.4) is 0 Å². The maximum atomic E-state index is 12.5. The van der Waals surface area contributed by atoms with Crippen molar-refractivity contribution in [3.05, 3.63) is 53.0 Å². The summed E-state index contributed by atoms with van der Waals surface area (Å²) in [5.74, 6) is 1.36. The Morgan fingerprint density at radius 2 is 1.62 bits per heavy atom. The Labute approximate surface area is 161 Å². The molecule has 0 radical (unpaired) electrons. The van der Waals surface area contributed by atoms with E-state index >= 15 is 0 Å². The highest BCUT2D eigenvalue weighted by atomic mass is 79.9. The van der Waals surface area contributed by atoms with E-state index in [1.165, 1.54) is 4.31 Å². The van der Waals surface area contributed by atoms with Crippen LogP contribution >= 0.6 is 15.9 Å². The number of hydrogen-bond donors (Lipinski definition) is 0. The van der Waals surface area contributed by atoms with Crippen LogP contribution in [0.25, 0.3) is 0 Å². The summed E-state index contributed by atoms with van der Waals surface area (Å²) in [5, 5.41) is 0. The predicted octanol–water partition coefficient (Wildman–Crippen LogP) is 2.93. The molecule has 0 unspecified atom stereocenters. The Hall–Kier alpha value is -1.61. The van der Waals surface area contributed by atoms with Crippen LogP contribution in [0.4, 0.5) is 0 Å². The van der Waals surface area contributed by atoms with E-state index in [0.29, 0.717) is 45.3 Å². The third-order valence-electron chi connectivity index (χ3n) is 3.85. The van der Waals surface area contributed by atoms with Crippen molar-refractivity contribution >= 4 is 26.0 Å². The molecule has 1 heterocycles. The number of rotatable bonds is 7. The summed E-state index contributed by atoms with van der Waals surface area (Å²) in [4.78, 5) is 0.261. The minimum Gasteiger partial charge on any atom is -0.490 e. The molecular weight excluding hydrogens is 422 g/mol. The van der Waals surface area contributed by atoms with Crippen LogP contribution in [-0.4, -0.2) is 52.2 Å². The van der Waals surface area contributed by atoms with Crippen LogP contribution in [0.15, 0.2) is 57.9 Å². The first-order valence-electron chi connectivity index (χ1n) is 8.25. The normalized spacial score (nSPS) is 15.6. The molecule has 1 aliphatic rings. The monoisotopic (exact) mass is 441 g/mol. The number of benzene rings is 2. The molecule has 0 atom stereocenters. The summed E-state index contributed by atoms with van der Waals surface area (Å²) < 4.78 is 43.9. The number of morpholine rings is 1. The fourth-order valence-corrected chi connectivity index (χ4v) is 4.31. The maximum Gasteiger partial charge on any atom is 0.243 e. The van der Waals surface area contributed by atoms with Gasteiger partial charge in [-0.25, -0.2) is 8.42 Å². The van der Waals surface area contributed by atoms with Crippen molar-refractivity contribution < 1.29 is 22.6 Å². The van der Waals surface area contributed by atoms with Gasteiger partial charge in [0.25, 0.3) is 0 Å². The lowest BCUT2D eigenvalue weighted by atomic mass is 10.3. The molecule has 1 fully saturated rings. The second-order valence-electron chi connectivity index (χ2n) is 5.64. The van der Waals surface area contributed by atoms with Crippen LogP contribution in [0, 0.1) is 0 Å². The fraction of sp³-hybridized carbons (Fsp3) is 0.333. The predicted molar refractivity (Wildman–Crippen MR) is 101 cm³/mol. The van der Waals surface area contributed by atoms with Crippen molar-refractivity contribution in [3.63, 3.8) is 0 Å². The number of sulfonamides is 1. The zero-order valence-electron chi connectivity index (χ0n) is 14.1. The van der Waals surface area contributed by atoms with Gasteiger partial charge in [-0.15, -0.1) is 0 Å². The first-order valence-corrected chi connectivity index (χ1v) is 10.5. The molecule has 140 valence electrons. The maximum absolute atomic E-state index is 12.5. The molecule has 0 aromatic heterocycles. The van der Waals surface area contributed by atoms with E-state index in [2.05, 4.69) is 15.9 Å². The fourth-order valence-electron chi connectivity index (χ4n) is 2.52. The van der Waals surface area contributed by atoms with Crippen molar-refractivity contribution in [2.75, 3.05) is 39.5 Å². The number of halogens is 1. The Kier molecular flexibility index (Phi) is 6.53. The smallest absolute Gasteiger partial charge is 0.243 e. The number of ether oxygens (including phenoxy) is 3. The molecule has 1 saturated heterocycles. The zero-order valence-corrected chi connectivity index (χ0v) is 16.5. The molecule has 0 bridgehead atoms. The first kappa shape index (κ1) is 19.2. The summed E-state index contributed by atoms with van der Waals surface area (Å²) >= 11 is 3.39. The van der Waals surface area contributed by atoms with Crippen LogP contribution in [0.2, 0.25) is 0 Å². The summed E-state index contributed by atoms with van der Waals surface area (Å²) in [5.41, 5.74) is 0. The van der Waals surface area contributed by atoms with Gasteiger partial charge in [0, 0.05) is 17.6 Å². The lowest BCUT2D eigenvalue weighted by Crippen LogP contribution is -2.40. The van der Waals surface area contributed by atoms with Crippen LogP contribution in [-0.2, 0) is 14.8 Å². The molecule has 26 heavy (non-hydrogen) atoms. The zero-order chi connectivity index (χ0) is 18.4. The first-order chi connectivity index (χ1) is 12.6. The van der Waals surface area contributed by atoms with E-state index in [1.807, 2.05) is 24.3 Å². The van der Waals surface area contributed by atoms with E-state index < -0.39 is 10.0 Å². The minimum atomic E-state index is -3.48. The van der Waals surface area contributed by atoms with E-state index in [0.717, 1.165) is 10.2 Å². The Morgan fingerprint density at radius 3 is 2.27 bits per heavy atom. The van der Waals surface area contributed by atoms with Crippen molar-refractivity contribution in [1.29, 1.82) is 0 Å². The van der Waals surface area contributed by atoms with E-state index in [1.54, 1.807) is 24.3 Å². The minimum absolute atomic E-state index is 0.261. The summed E-state index contributed by atoms with van der Waals surface area (Å²) in [6.45, 7) is 2.38.